The summed E-state index contributed by atoms with van der Waals surface area (Å²) in [5.74, 6) is 0. The largest absolute Gasteiger partial charge is 0.384 e. The molecule has 100 valence electrons. The van der Waals surface area contributed by atoms with Gasteiger partial charge in [0.1, 0.15) is 0 Å². The second-order valence-electron chi connectivity index (χ2n) is 4.24. The summed E-state index contributed by atoms with van der Waals surface area (Å²) in [5, 5.41) is 7.93. The van der Waals surface area contributed by atoms with Crippen molar-refractivity contribution < 1.29 is 0 Å². The van der Waals surface area contributed by atoms with Gasteiger partial charge in [0, 0.05) is 30.7 Å². The summed E-state index contributed by atoms with van der Waals surface area (Å²) in [6.07, 6.45) is 5.75. The van der Waals surface area contributed by atoms with Gasteiger partial charge in [-0.15, -0.1) is 6.58 Å². The van der Waals surface area contributed by atoms with Crippen LogP contribution in [-0.4, -0.2) is 40.7 Å². The smallest absolute Gasteiger partial charge is 0.0659 e. The first-order valence-electron chi connectivity index (χ1n) is 6.00. The van der Waals surface area contributed by atoms with Crippen LogP contribution in [0.25, 0.3) is 0 Å². The Morgan fingerprint density at radius 1 is 1.61 bits per heavy atom. The van der Waals surface area contributed by atoms with Gasteiger partial charge in [-0.1, -0.05) is 25.8 Å². The Balaban J connectivity index is 2.75. The van der Waals surface area contributed by atoms with Gasteiger partial charge < -0.3 is 5.32 Å². The van der Waals surface area contributed by atoms with E-state index in [-0.39, 0.29) is 6.04 Å². The van der Waals surface area contributed by atoms with Gasteiger partial charge >= 0.3 is 0 Å². The van der Waals surface area contributed by atoms with Crippen molar-refractivity contribution in [1.29, 1.82) is 0 Å². The summed E-state index contributed by atoms with van der Waals surface area (Å²) in [4.78, 5) is 0. The predicted molar refractivity (Wildman–Crippen MR) is 82.0 cm³/mol. The average molecular weight is 265 g/mol. The SMILES string of the molecule is C=CCNC(=C)C(C)N1CC(SC)C(=C)N1C=C. The van der Waals surface area contributed by atoms with Gasteiger partial charge in [-0.2, -0.15) is 11.8 Å². The molecule has 0 amide bonds. The van der Waals surface area contributed by atoms with Crippen molar-refractivity contribution >= 4 is 11.8 Å². The number of hydrogen-bond donors (Lipinski definition) is 1. The van der Waals surface area contributed by atoms with Gasteiger partial charge in [0.25, 0.3) is 0 Å². The topological polar surface area (TPSA) is 18.5 Å². The molecule has 1 heterocycles. The van der Waals surface area contributed by atoms with Crippen molar-refractivity contribution in [3.63, 3.8) is 0 Å². The van der Waals surface area contributed by atoms with Gasteiger partial charge in [-0.25, -0.2) is 5.01 Å². The average Bonchev–Trinajstić information content (AvgIpc) is 2.71. The van der Waals surface area contributed by atoms with Gasteiger partial charge in [-0.05, 0) is 13.2 Å². The highest BCUT2D eigenvalue weighted by Crippen LogP contribution is 2.31. The molecule has 0 aromatic carbocycles. The van der Waals surface area contributed by atoms with Gasteiger partial charge in [0.2, 0.25) is 0 Å². The second-order valence-corrected chi connectivity index (χ2v) is 5.28. The predicted octanol–water partition coefficient (Wildman–Crippen LogP) is 2.59. The number of hydrogen-bond acceptors (Lipinski definition) is 4. The number of thioether (sulfide) groups is 1. The molecule has 18 heavy (non-hydrogen) atoms. The fourth-order valence-electron chi connectivity index (χ4n) is 1.98. The molecule has 0 radical (unpaired) electrons. The molecule has 0 aromatic heterocycles. The maximum atomic E-state index is 4.14. The number of nitrogens with one attached hydrogen (secondary N) is 1. The van der Waals surface area contributed by atoms with Crippen LogP contribution in [0.1, 0.15) is 6.92 Å². The lowest BCUT2D eigenvalue weighted by atomic mass is 10.2. The third-order valence-electron chi connectivity index (χ3n) is 3.18. The van der Waals surface area contributed by atoms with Crippen molar-refractivity contribution in [2.24, 2.45) is 0 Å². The van der Waals surface area contributed by atoms with E-state index in [9.17, 15) is 0 Å². The summed E-state index contributed by atoms with van der Waals surface area (Å²) in [6.45, 7) is 19.6. The Labute approximate surface area is 115 Å². The normalized spacial score (nSPS) is 21.8. The molecule has 0 spiro atoms. The zero-order chi connectivity index (χ0) is 13.7. The lowest BCUT2D eigenvalue weighted by Gasteiger charge is -2.33. The summed E-state index contributed by atoms with van der Waals surface area (Å²) in [7, 11) is 0. The minimum Gasteiger partial charge on any atom is -0.384 e. The number of nitrogens with zero attached hydrogens (tertiary/aromatic N) is 2. The quantitative estimate of drug-likeness (QED) is 0.713. The van der Waals surface area contributed by atoms with Crippen molar-refractivity contribution in [3.05, 3.63) is 50.0 Å². The molecule has 0 bridgehead atoms. The third-order valence-corrected chi connectivity index (χ3v) is 4.17. The van der Waals surface area contributed by atoms with Crippen LogP contribution in [-0.2, 0) is 0 Å². The number of hydrazine groups is 1. The van der Waals surface area contributed by atoms with E-state index >= 15 is 0 Å². The maximum Gasteiger partial charge on any atom is 0.0659 e. The monoisotopic (exact) mass is 265 g/mol. The van der Waals surface area contributed by atoms with E-state index in [1.165, 1.54) is 0 Å². The molecule has 1 fully saturated rings. The van der Waals surface area contributed by atoms with Crippen LogP contribution < -0.4 is 5.32 Å². The molecule has 1 saturated heterocycles. The third kappa shape index (κ3) is 3.00. The molecule has 1 aliphatic rings. The Morgan fingerprint density at radius 3 is 2.78 bits per heavy atom. The van der Waals surface area contributed by atoms with Crippen molar-refractivity contribution in [1.82, 2.24) is 15.3 Å². The first-order valence-corrected chi connectivity index (χ1v) is 7.29. The summed E-state index contributed by atoms with van der Waals surface area (Å²) >= 11 is 1.81. The summed E-state index contributed by atoms with van der Waals surface area (Å²) in [5.41, 5.74) is 2.07. The molecule has 2 unspecified atom stereocenters. The molecular weight excluding hydrogens is 242 g/mol. The molecule has 2 atom stereocenters. The maximum absolute atomic E-state index is 4.14. The molecule has 1 aliphatic heterocycles. The van der Waals surface area contributed by atoms with Crippen molar-refractivity contribution in [2.75, 3.05) is 19.3 Å². The van der Waals surface area contributed by atoms with E-state index in [0.717, 1.165) is 24.5 Å². The van der Waals surface area contributed by atoms with Gasteiger partial charge in [-0.3, -0.25) is 5.01 Å². The molecule has 0 aromatic rings. The van der Waals surface area contributed by atoms with E-state index in [4.69, 9.17) is 0 Å². The van der Waals surface area contributed by atoms with Crippen LogP contribution in [0.15, 0.2) is 50.0 Å². The molecule has 3 nitrogen and oxygen atoms in total. The van der Waals surface area contributed by atoms with E-state index in [1.807, 2.05) is 29.0 Å². The van der Waals surface area contributed by atoms with Crippen LogP contribution in [0.5, 0.6) is 0 Å². The van der Waals surface area contributed by atoms with Gasteiger partial charge in [0.15, 0.2) is 0 Å². The van der Waals surface area contributed by atoms with Crippen LogP contribution in [0, 0.1) is 0 Å². The van der Waals surface area contributed by atoms with Crippen LogP contribution >= 0.6 is 11.8 Å². The zero-order valence-corrected chi connectivity index (χ0v) is 12.2. The fourth-order valence-corrected chi connectivity index (χ4v) is 2.67. The molecular formula is C14H23N3S. The van der Waals surface area contributed by atoms with Crippen molar-refractivity contribution in [2.45, 2.75) is 18.2 Å². The van der Waals surface area contributed by atoms with Crippen LogP contribution in [0.2, 0.25) is 0 Å². The Morgan fingerprint density at radius 2 is 2.28 bits per heavy atom. The first-order chi connectivity index (χ1) is 8.56. The Hall–Kier alpha value is -1.13. The zero-order valence-electron chi connectivity index (χ0n) is 11.4. The van der Waals surface area contributed by atoms with Gasteiger partial charge in [0.05, 0.1) is 11.3 Å². The minimum absolute atomic E-state index is 0.192. The highest BCUT2D eigenvalue weighted by molar-refractivity contribution is 7.99. The summed E-state index contributed by atoms with van der Waals surface area (Å²) < 4.78 is 0. The molecule has 1 N–H and O–H groups in total. The van der Waals surface area contributed by atoms with Crippen LogP contribution in [0.4, 0.5) is 0 Å². The Kier molecular flexibility index (Phi) is 5.56. The van der Waals surface area contributed by atoms with E-state index in [1.54, 1.807) is 0 Å². The molecule has 1 rings (SSSR count). The lowest BCUT2D eigenvalue weighted by molar-refractivity contribution is 0.0699. The standard InChI is InChI=1S/C14H23N3S/c1-7-9-15-11(3)12(4)17-10-14(18-6)13(5)16(17)8-2/h7-8,12,14-15H,1-3,5,9-10H2,4,6H3. The van der Waals surface area contributed by atoms with E-state index in [0.29, 0.717) is 5.25 Å². The lowest BCUT2D eigenvalue weighted by Crippen LogP contribution is -2.42. The molecule has 0 saturated carbocycles. The highest BCUT2D eigenvalue weighted by Gasteiger charge is 2.34. The molecule has 4 heteroatoms. The van der Waals surface area contributed by atoms with E-state index < -0.39 is 0 Å². The minimum atomic E-state index is 0.192. The fraction of sp³-hybridized carbons (Fsp3) is 0.429. The molecule has 0 aliphatic carbocycles. The van der Waals surface area contributed by atoms with E-state index in [2.05, 4.69) is 49.8 Å². The highest BCUT2D eigenvalue weighted by atomic mass is 32.2. The number of rotatable bonds is 7. The second kappa shape index (κ2) is 6.71. The van der Waals surface area contributed by atoms with Crippen molar-refractivity contribution in [3.8, 4) is 0 Å². The first kappa shape index (κ1) is 14.9. The Bertz CT molecular complexity index is 351. The van der Waals surface area contributed by atoms with Crippen LogP contribution in [0.3, 0.4) is 0 Å². The summed E-state index contributed by atoms with van der Waals surface area (Å²) in [6, 6.07) is 0.192.